The van der Waals surface area contributed by atoms with E-state index in [2.05, 4.69) is 36.6 Å². The largest absolute Gasteiger partial charge is 0.388 e. The summed E-state index contributed by atoms with van der Waals surface area (Å²) in [4.78, 5) is 13.1. The summed E-state index contributed by atoms with van der Waals surface area (Å²) in [7, 11) is -4.08. The molecule has 5 rings (SSSR count). The van der Waals surface area contributed by atoms with Crippen LogP contribution in [0.5, 0.6) is 0 Å². The third-order valence-electron chi connectivity index (χ3n) is 5.66. The normalized spacial score (nSPS) is 25.7. The molecule has 31 heavy (non-hydrogen) atoms. The molecule has 12 heteroatoms. The van der Waals surface area contributed by atoms with Gasteiger partial charge in [-0.3, -0.25) is 8.75 Å². The number of aryl methyl sites for hydroxylation is 1. The SMILES string of the molecule is NS(=O)(=O)OC[C@@H]1C[C@@H](O)[C@H](n2cnc3c(N[C@H]4CCc5ccccc54)ncnc32)O1. The van der Waals surface area contributed by atoms with Crippen molar-refractivity contribution in [2.24, 2.45) is 5.14 Å². The second kappa shape index (κ2) is 7.80. The number of fused-ring (bicyclic) bond motifs is 2. The number of rotatable bonds is 6. The molecular formula is C19H22N6O5S. The van der Waals surface area contributed by atoms with Gasteiger partial charge >= 0.3 is 10.3 Å². The van der Waals surface area contributed by atoms with Crippen LogP contribution in [0.1, 0.15) is 36.2 Å². The van der Waals surface area contributed by atoms with Crippen LogP contribution in [0.4, 0.5) is 5.82 Å². The molecule has 2 aliphatic rings. The van der Waals surface area contributed by atoms with E-state index >= 15 is 0 Å². The van der Waals surface area contributed by atoms with Crippen molar-refractivity contribution in [3.63, 3.8) is 0 Å². The Labute approximate surface area is 178 Å². The molecule has 164 valence electrons. The van der Waals surface area contributed by atoms with Gasteiger partial charge < -0.3 is 15.2 Å². The van der Waals surface area contributed by atoms with Crippen LogP contribution in [-0.4, -0.2) is 51.9 Å². The van der Waals surface area contributed by atoms with Gasteiger partial charge in [0.05, 0.1) is 25.1 Å². The van der Waals surface area contributed by atoms with Crippen LogP contribution in [0.3, 0.4) is 0 Å². The maximum atomic E-state index is 11.0. The van der Waals surface area contributed by atoms with Gasteiger partial charge in [0, 0.05) is 6.42 Å². The molecule has 0 radical (unpaired) electrons. The van der Waals surface area contributed by atoms with Crippen LogP contribution in [-0.2, 0) is 25.6 Å². The number of benzene rings is 1. The molecule has 1 aliphatic heterocycles. The molecule has 3 aromatic rings. The number of nitrogens with zero attached hydrogens (tertiary/aromatic N) is 4. The topological polar surface area (TPSA) is 154 Å². The summed E-state index contributed by atoms with van der Waals surface area (Å²) in [5.74, 6) is 0.604. The fraction of sp³-hybridized carbons (Fsp3) is 0.421. The zero-order valence-electron chi connectivity index (χ0n) is 16.5. The van der Waals surface area contributed by atoms with Crippen LogP contribution in [0.15, 0.2) is 36.9 Å². The first kappa shape index (κ1) is 20.3. The summed E-state index contributed by atoms with van der Waals surface area (Å²) in [5.41, 5.74) is 3.64. The Bertz CT molecular complexity index is 1220. The Morgan fingerprint density at radius 3 is 2.97 bits per heavy atom. The molecule has 0 amide bonds. The zero-order valence-corrected chi connectivity index (χ0v) is 17.3. The van der Waals surface area contributed by atoms with Crippen molar-refractivity contribution < 1.29 is 22.4 Å². The van der Waals surface area contributed by atoms with Crippen LogP contribution in [0, 0.1) is 0 Å². The quantitative estimate of drug-likeness (QED) is 0.498. The monoisotopic (exact) mass is 446 g/mol. The second-order valence-corrected chi connectivity index (χ2v) is 8.93. The minimum Gasteiger partial charge on any atom is -0.388 e. The van der Waals surface area contributed by atoms with E-state index in [1.54, 1.807) is 4.57 Å². The van der Waals surface area contributed by atoms with Crippen LogP contribution >= 0.6 is 0 Å². The molecule has 1 aliphatic carbocycles. The third-order valence-corrected chi connectivity index (χ3v) is 6.12. The van der Waals surface area contributed by atoms with Crippen molar-refractivity contribution in [2.45, 2.75) is 43.7 Å². The van der Waals surface area contributed by atoms with E-state index < -0.39 is 28.7 Å². The highest BCUT2D eigenvalue weighted by atomic mass is 32.2. The minimum atomic E-state index is -4.08. The summed E-state index contributed by atoms with van der Waals surface area (Å²) in [6.45, 7) is -0.276. The van der Waals surface area contributed by atoms with Gasteiger partial charge in [-0.25, -0.2) is 20.1 Å². The number of nitrogens with two attached hydrogens (primary N) is 1. The lowest BCUT2D eigenvalue weighted by Crippen LogP contribution is -2.23. The molecule has 3 heterocycles. The average molecular weight is 446 g/mol. The molecule has 0 spiro atoms. The molecule has 0 bridgehead atoms. The minimum absolute atomic E-state index is 0.132. The Morgan fingerprint density at radius 1 is 1.29 bits per heavy atom. The molecule has 0 unspecified atom stereocenters. The van der Waals surface area contributed by atoms with Gasteiger partial charge in [-0.15, -0.1) is 0 Å². The van der Waals surface area contributed by atoms with Crippen LogP contribution in [0.2, 0.25) is 0 Å². The van der Waals surface area contributed by atoms with Gasteiger partial charge in [0.15, 0.2) is 23.2 Å². The molecule has 0 saturated carbocycles. The first-order chi connectivity index (χ1) is 14.9. The highest BCUT2D eigenvalue weighted by molar-refractivity contribution is 7.84. The maximum Gasteiger partial charge on any atom is 0.333 e. The van der Waals surface area contributed by atoms with Gasteiger partial charge in [-0.2, -0.15) is 8.42 Å². The van der Waals surface area contributed by atoms with Crippen LogP contribution in [0.25, 0.3) is 11.2 Å². The zero-order chi connectivity index (χ0) is 21.6. The lowest BCUT2D eigenvalue weighted by atomic mass is 10.1. The molecule has 1 aromatic carbocycles. The van der Waals surface area contributed by atoms with Crippen molar-refractivity contribution in [3.05, 3.63) is 48.0 Å². The Hall–Kier alpha value is -2.64. The van der Waals surface area contributed by atoms with Gasteiger partial charge in [-0.05, 0) is 24.0 Å². The first-order valence-electron chi connectivity index (χ1n) is 9.91. The van der Waals surface area contributed by atoms with E-state index in [0.717, 1.165) is 12.8 Å². The lowest BCUT2D eigenvalue weighted by Gasteiger charge is -2.17. The molecular weight excluding hydrogens is 424 g/mol. The predicted molar refractivity (Wildman–Crippen MR) is 110 cm³/mol. The number of anilines is 1. The van der Waals surface area contributed by atoms with Gasteiger partial charge in [0.25, 0.3) is 0 Å². The summed E-state index contributed by atoms with van der Waals surface area (Å²) in [5, 5.41) is 18.8. The standard InChI is InChI=1S/C19H22N6O5S/c20-31(27,28)29-8-12-7-15(26)19(30-12)25-10-23-16-17(21-9-22-18(16)25)24-14-6-5-11-3-1-2-4-13(11)14/h1-4,9-10,12,14-15,19,26H,5-8H2,(H2,20,27,28)(H,21,22,24)/t12-,14-,15+,19+/m0/s1. The van der Waals surface area contributed by atoms with E-state index in [1.165, 1.54) is 23.8 Å². The smallest absolute Gasteiger partial charge is 0.333 e. The summed E-state index contributed by atoms with van der Waals surface area (Å²) in [6.07, 6.45) is 2.81. The molecule has 2 aromatic heterocycles. The van der Waals surface area contributed by atoms with Crippen LogP contribution < -0.4 is 10.5 Å². The van der Waals surface area contributed by atoms with Gasteiger partial charge in [0.1, 0.15) is 12.4 Å². The summed E-state index contributed by atoms with van der Waals surface area (Å²) in [6, 6.07) is 8.45. The molecule has 1 saturated heterocycles. The highest BCUT2D eigenvalue weighted by Gasteiger charge is 2.37. The first-order valence-corrected chi connectivity index (χ1v) is 11.4. The molecule has 4 N–H and O–H groups in total. The maximum absolute atomic E-state index is 11.0. The lowest BCUT2D eigenvalue weighted by molar-refractivity contribution is -0.0452. The van der Waals surface area contributed by atoms with Crippen molar-refractivity contribution in [1.29, 1.82) is 0 Å². The fourth-order valence-corrected chi connectivity index (χ4v) is 4.62. The van der Waals surface area contributed by atoms with Crippen molar-refractivity contribution in [3.8, 4) is 0 Å². The summed E-state index contributed by atoms with van der Waals surface area (Å²) >= 11 is 0. The number of hydrogen-bond acceptors (Lipinski definition) is 9. The van der Waals surface area contributed by atoms with Crippen molar-refractivity contribution in [2.75, 3.05) is 11.9 Å². The highest BCUT2D eigenvalue weighted by Crippen LogP contribution is 2.36. The number of nitrogens with one attached hydrogen (secondary N) is 1. The number of aliphatic hydroxyl groups is 1. The van der Waals surface area contributed by atoms with E-state index in [1.807, 2.05) is 12.1 Å². The van der Waals surface area contributed by atoms with Gasteiger partial charge in [0.2, 0.25) is 0 Å². The number of aliphatic hydroxyl groups excluding tert-OH is 1. The van der Waals surface area contributed by atoms with Crippen molar-refractivity contribution in [1.82, 2.24) is 19.5 Å². The number of hydrogen-bond donors (Lipinski definition) is 3. The van der Waals surface area contributed by atoms with E-state index in [-0.39, 0.29) is 19.1 Å². The molecule has 4 atom stereocenters. The number of aromatic nitrogens is 4. The van der Waals surface area contributed by atoms with E-state index in [9.17, 15) is 13.5 Å². The number of imidazole rings is 1. The number of ether oxygens (including phenoxy) is 1. The Kier molecular flexibility index (Phi) is 5.10. The Balaban J connectivity index is 1.38. The third kappa shape index (κ3) is 4.00. The van der Waals surface area contributed by atoms with E-state index in [0.29, 0.717) is 17.0 Å². The van der Waals surface area contributed by atoms with Gasteiger partial charge in [-0.1, -0.05) is 24.3 Å². The summed E-state index contributed by atoms with van der Waals surface area (Å²) < 4.78 is 34.0. The average Bonchev–Trinajstić information content (AvgIpc) is 3.43. The fourth-order valence-electron chi connectivity index (χ4n) is 4.27. The molecule has 1 fully saturated rings. The van der Waals surface area contributed by atoms with E-state index in [4.69, 9.17) is 9.88 Å². The second-order valence-electron chi connectivity index (χ2n) is 7.71. The predicted octanol–water partition coefficient (Wildman–Crippen LogP) is 0.794. The van der Waals surface area contributed by atoms with Crippen molar-refractivity contribution >= 4 is 27.3 Å². The molecule has 11 nitrogen and oxygen atoms in total. The Morgan fingerprint density at radius 2 is 2.13 bits per heavy atom.